The highest BCUT2D eigenvalue weighted by atomic mass is 19.4. The predicted molar refractivity (Wildman–Crippen MR) is 82.6 cm³/mol. The van der Waals surface area contributed by atoms with Gasteiger partial charge in [0.1, 0.15) is 5.69 Å². The molecule has 0 spiro atoms. The highest BCUT2D eigenvalue weighted by Crippen LogP contribution is 2.31. The van der Waals surface area contributed by atoms with Gasteiger partial charge in [0, 0.05) is 18.3 Å². The topological polar surface area (TPSA) is 77.8 Å². The van der Waals surface area contributed by atoms with E-state index in [4.69, 9.17) is 4.74 Å². The first kappa shape index (κ1) is 17.1. The zero-order valence-electron chi connectivity index (χ0n) is 13.7. The number of amides is 1. The Labute approximate surface area is 146 Å². The molecule has 2 aliphatic carbocycles. The van der Waals surface area contributed by atoms with Crippen molar-refractivity contribution in [1.82, 2.24) is 19.9 Å². The van der Waals surface area contributed by atoms with Gasteiger partial charge < -0.3 is 10.1 Å². The smallest absolute Gasteiger partial charge is 0.476 e. The van der Waals surface area contributed by atoms with E-state index in [-0.39, 0.29) is 24.6 Å². The third-order valence-corrected chi connectivity index (χ3v) is 4.46. The molecule has 0 unspecified atom stereocenters. The molecule has 2 aliphatic rings. The van der Waals surface area contributed by atoms with Gasteiger partial charge in [0.05, 0.1) is 12.7 Å². The first-order valence-corrected chi connectivity index (χ1v) is 8.40. The fourth-order valence-corrected chi connectivity index (χ4v) is 2.83. The summed E-state index contributed by atoms with van der Waals surface area (Å²) in [7, 11) is 0. The minimum atomic E-state index is -4.65. The van der Waals surface area contributed by atoms with E-state index in [1.165, 1.54) is 16.8 Å². The zero-order chi connectivity index (χ0) is 18.3. The Bertz CT molecular complexity index is 813. The predicted octanol–water partition coefficient (Wildman–Crippen LogP) is 2.32. The lowest BCUT2D eigenvalue weighted by Gasteiger charge is -2.35. The van der Waals surface area contributed by atoms with Gasteiger partial charge in [0.15, 0.2) is 5.65 Å². The van der Waals surface area contributed by atoms with Crippen LogP contribution in [-0.4, -0.2) is 45.6 Å². The first-order chi connectivity index (χ1) is 12.4. The summed E-state index contributed by atoms with van der Waals surface area (Å²) in [5, 5.41) is 6.94. The number of hydrogen-bond donors (Lipinski definition) is 1. The van der Waals surface area contributed by atoms with Crippen molar-refractivity contribution in [2.75, 3.05) is 6.61 Å². The molecular weight excluding hydrogens is 353 g/mol. The fraction of sp³-hybridized carbons (Fsp3) is 0.562. The maximum absolute atomic E-state index is 12.4. The Morgan fingerprint density at radius 1 is 1.35 bits per heavy atom. The molecule has 0 radical (unpaired) electrons. The van der Waals surface area contributed by atoms with E-state index in [1.54, 1.807) is 6.07 Å². The standard InChI is InChI=1S/C16H17F3N4O3/c17-16(18,19)26-11-5-10(6-11)21-15(24)12-3-4-20-13-7-14(22-23(12)13)25-8-9-1-2-9/h3-4,7,9-11H,1-2,5-6,8H2,(H,21,24). The van der Waals surface area contributed by atoms with Crippen LogP contribution in [0.4, 0.5) is 13.2 Å². The van der Waals surface area contributed by atoms with Crippen molar-refractivity contribution in [3.63, 3.8) is 0 Å². The molecule has 2 fully saturated rings. The Kier molecular flexibility index (Phi) is 4.22. The molecule has 7 nitrogen and oxygen atoms in total. The van der Waals surface area contributed by atoms with Gasteiger partial charge in [-0.1, -0.05) is 0 Å². The molecule has 1 N–H and O–H groups in total. The lowest BCUT2D eigenvalue weighted by Crippen LogP contribution is -2.49. The van der Waals surface area contributed by atoms with Gasteiger partial charge >= 0.3 is 6.36 Å². The van der Waals surface area contributed by atoms with E-state index in [0.29, 0.717) is 24.1 Å². The fourth-order valence-electron chi connectivity index (χ4n) is 2.83. The van der Waals surface area contributed by atoms with Crippen LogP contribution in [0.15, 0.2) is 18.3 Å². The van der Waals surface area contributed by atoms with Crippen LogP contribution >= 0.6 is 0 Å². The van der Waals surface area contributed by atoms with Crippen molar-refractivity contribution in [3.8, 4) is 5.88 Å². The number of halogens is 3. The summed E-state index contributed by atoms with van der Waals surface area (Å²) in [5.74, 6) is 0.539. The van der Waals surface area contributed by atoms with E-state index in [9.17, 15) is 18.0 Å². The van der Waals surface area contributed by atoms with Gasteiger partial charge in [0.25, 0.3) is 5.91 Å². The maximum atomic E-state index is 12.4. The largest absolute Gasteiger partial charge is 0.522 e. The lowest BCUT2D eigenvalue weighted by atomic mass is 9.89. The number of rotatable bonds is 6. The maximum Gasteiger partial charge on any atom is 0.522 e. The Hall–Kier alpha value is -2.36. The van der Waals surface area contributed by atoms with Gasteiger partial charge in [-0.05, 0) is 37.7 Å². The van der Waals surface area contributed by atoms with E-state index in [1.807, 2.05) is 0 Å². The Morgan fingerprint density at radius 3 is 2.81 bits per heavy atom. The van der Waals surface area contributed by atoms with Gasteiger partial charge in [-0.15, -0.1) is 18.3 Å². The second-order valence-electron chi connectivity index (χ2n) is 6.66. The number of aromatic nitrogens is 3. The quantitative estimate of drug-likeness (QED) is 0.844. The Morgan fingerprint density at radius 2 is 2.12 bits per heavy atom. The number of ether oxygens (including phenoxy) is 2. The number of alkyl halides is 3. The van der Waals surface area contributed by atoms with Crippen LogP contribution in [0.5, 0.6) is 5.88 Å². The second-order valence-corrected chi connectivity index (χ2v) is 6.66. The van der Waals surface area contributed by atoms with E-state index < -0.39 is 18.4 Å². The molecule has 140 valence electrons. The van der Waals surface area contributed by atoms with Gasteiger partial charge in [-0.2, -0.15) is 0 Å². The van der Waals surface area contributed by atoms with E-state index in [2.05, 4.69) is 20.1 Å². The minimum Gasteiger partial charge on any atom is -0.476 e. The van der Waals surface area contributed by atoms with E-state index in [0.717, 1.165) is 12.8 Å². The molecule has 0 aromatic carbocycles. The third-order valence-electron chi connectivity index (χ3n) is 4.46. The molecular formula is C16H17F3N4O3. The molecule has 26 heavy (non-hydrogen) atoms. The number of nitrogens with one attached hydrogen (secondary N) is 1. The molecule has 4 rings (SSSR count). The normalized spacial score (nSPS) is 22.9. The van der Waals surface area contributed by atoms with Crippen molar-refractivity contribution in [2.24, 2.45) is 5.92 Å². The summed E-state index contributed by atoms with van der Waals surface area (Å²) >= 11 is 0. The average Bonchev–Trinajstić information content (AvgIpc) is 3.26. The Balaban J connectivity index is 1.39. The second kappa shape index (κ2) is 6.42. The van der Waals surface area contributed by atoms with Crippen molar-refractivity contribution in [3.05, 3.63) is 24.0 Å². The molecule has 0 aliphatic heterocycles. The summed E-state index contributed by atoms with van der Waals surface area (Å²) in [4.78, 5) is 16.6. The first-order valence-electron chi connectivity index (χ1n) is 8.40. The summed E-state index contributed by atoms with van der Waals surface area (Å²) in [6, 6.07) is 2.79. The monoisotopic (exact) mass is 370 g/mol. The molecule has 2 aromatic heterocycles. The van der Waals surface area contributed by atoms with Gasteiger partial charge in [-0.3, -0.25) is 9.53 Å². The van der Waals surface area contributed by atoms with Gasteiger partial charge in [0.2, 0.25) is 5.88 Å². The number of carbonyl (C=O) groups excluding carboxylic acids is 1. The summed E-state index contributed by atoms with van der Waals surface area (Å²) in [6.45, 7) is 0.591. The molecule has 2 heterocycles. The minimum absolute atomic E-state index is 0.119. The van der Waals surface area contributed by atoms with Crippen molar-refractivity contribution in [1.29, 1.82) is 0 Å². The molecule has 0 bridgehead atoms. The third kappa shape index (κ3) is 3.90. The van der Waals surface area contributed by atoms with Crippen LogP contribution in [0.25, 0.3) is 5.65 Å². The molecule has 0 atom stereocenters. The highest BCUT2D eigenvalue weighted by molar-refractivity contribution is 5.93. The molecule has 1 amide bonds. The average molecular weight is 370 g/mol. The number of fused-ring (bicyclic) bond motifs is 1. The molecule has 2 saturated carbocycles. The van der Waals surface area contributed by atoms with Crippen LogP contribution in [0.2, 0.25) is 0 Å². The van der Waals surface area contributed by atoms with Gasteiger partial charge in [-0.25, -0.2) is 9.50 Å². The van der Waals surface area contributed by atoms with Crippen molar-refractivity contribution < 1.29 is 27.4 Å². The van der Waals surface area contributed by atoms with Crippen LogP contribution in [-0.2, 0) is 4.74 Å². The van der Waals surface area contributed by atoms with Crippen LogP contribution in [0.1, 0.15) is 36.2 Å². The number of carbonyl (C=O) groups is 1. The van der Waals surface area contributed by atoms with Crippen molar-refractivity contribution >= 4 is 11.6 Å². The highest BCUT2D eigenvalue weighted by Gasteiger charge is 2.40. The number of hydrogen-bond acceptors (Lipinski definition) is 5. The molecule has 10 heteroatoms. The van der Waals surface area contributed by atoms with E-state index >= 15 is 0 Å². The SMILES string of the molecule is O=C(NC1CC(OC(F)(F)F)C1)c1ccnc2cc(OCC3CC3)nn12. The molecule has 0 saturated heterocycles. The van der Waals surface area contributed by atoms with Crippen molar-refractivity contribution in [2.45, 2.75) is 44.2 Å². The van der Waals surface area contributed by atoms with Crippen LogP contribution in [0, 0.1) is 5.92 Å². The lowest BCUT2D eigenvalue weighted by molar-refractivity contribution is -0.351. The zero-order valence-corrected chi connectivity index (χ0v) is 13.7. The molecule has 2 aromatic rings. The summed E-state index contributed by atoms with van der Waals surface area (Å²) in [5.41, 5.74) is 0.715. The number of nitrogens with zero attached hydrogens (tertiary/aromatic N) is 3. The van der Waals surface area contributed by atoms with Crippen LogP contribution < -0.4 is 10.1 Å². The summed E-state index contributed by atoms with van der Waals surface area (Å²) < 4.78 is 47.3. The van der Waals surface area contributed by atoms with Crippen LogP contribution in [0.3, 0.4) is 0 Å². The summed E-state index contributed by atoms with van der Waals surface area (Å²) in [6.07, 6.45) is -1.54.